The van der Waals surface area contributed by atoms with Gasteiger partial charge in [0.2, 0.25) is 10.0 Å². The van der Waals surface area contributed by atoms with E-state index in [0.29, 0.717) is 0 Å². The lowest BCUT2D eigenvalue weighted by Gasteiger charge is -2.17. The Hall–Kier alpha value is -1.51. The van der Waals surface area contributed by atoms with Crippen molar-refractivity contribution >= 4 is 33.1 Å². The number of hydrogen-bond donors (Lipinski definition) is 1. The first kappa shape index (κ1) is 16.5. The summed E-state index contributed by atoms with van der Waals surface area (Å²) in [5, 5.41) is 15.2. The number of carbonyl (C=O) groups is 1. The molecule has 0 fully saturated rings. The molecule has 9 heteroatoms. The number of Topliss-reactive ketones (excluding diaryl/α,β-unsaturated/α-hetero) is 1. The quantitative estimate of drug-likeness (QED) is 0.519. The summed E-state index contributed by atoms with van der Waals surface area (Å²) >= 11 is 5.67. The molecule has 0 aliphatic rings. The molecule has 7 nitrogen and oxygen atoms in total. The Morgan fingerprint density at radius 3 is 2.20 bits per heavy atom. The van der Waals surface area contributed by atoms with E-state index >= 15 is 0 Å². The Morgan fingerprint density at radius 2 is 1.85 bits per heavy atom. The molecule has 0 aromatic heterocycles. The zero-order chi connectivity index (χ0) is 15.9. The highest BCUT2D eigenvalue weighted by Gasteiger charge is 2.30. The van der Waals surface area contributed by atoms with E-state index in [1.807, 2.05) is 0 Å². The van der Waals surface area contributed by atoms with Crippen LogP contribution in [0.15, 0.2) is 17.0 Å². The van der Waals surface area contributed by atoms with E-state index in [1.165, 1.54) is 0 Å². The molecule has 0 amide bonds. The largest absolute Gasteiger partial charge is 0.294 e. The number of nitro groups is 1. The molecule has 0 atom stereocenters. The summed E-state index contributed by atoms with van der Waals surface area (Å²) < 4.78 is 22.8. The molecule has 0 aliphatic carbocycles. The molecule has 1 rings (SSSR count). The van der Waals surface area contributed by atoms with Crippen molar-refractivity contribution in [2.24, 2.45) is 10.6 Å². The Kier molecular flexibility index (Phi) is 4.23. The molecule has 0 spiro atoms. The lowest BCUT2D eigenvalue weighted by molar-refractivity contribution is -0.384. The standard InChI is InChI=1S/C11H13ClN2O5S/c1-11(2,3)10(15)6-4-7(14(16)17)9(12)8(5-6)20(13,18)19/h4-5H,1-3H3,(H2,13,18,19). The van der Waals surface area contributed by atoms with Gasteiger partial charge >= 0.3 is 0 Å². The number of carbonyl (C=O) groups excluding carboxylic acids is 1. The highest BCUT2D eigenvalue weighted by Crippen LogP contribution is 2.34. The van der Waals surface area contributed by atoms with Gasteiger partial charge in [0.1, 0.15) is 9.92 Å². The van der Waals surface area contributed by atoms with Crippen LogP contribution >= 0.6 is 11.6 Å². The summed E-state index contributed by atoms with van der Waals surface area (Å²) in [5.41, 5.74) is -1.64. The lowest BCUT2D eigenvalue weighted by Crippen LogP contribution is -2.21. The van der Waals surface area contributed by atoms with Crippen molar-refractivity contribution in [1.29, 1.82) is 0 Å². The molecule has 0 saturated carbocycles. The maximum atomic E-state index is 12.1. The highest BCUT2D eigenvalue weighted by atomic mass is 35.5. The molecule has 110 valence electrons. The van der Waals surface area contributed by atoms with Crippen LogP contribution in [0.25, 0.3) is 0 Å². The van der Waals surface area contributed by atoms with Crippen molar-refractivity contribution in [3.63, 3.8) is 0 Å². The van der Waals surface area contributed by atoms with Crippen LogP contribution in [0.2, 0.25) is 5.02 Å². The number of nitrogens with zero attached hydrogens (tertiary/aromatic N) is 1. The van der Waals surface area contributed by atoms with Gasteiger partial charge in [-0.15, -0.1) is 0 Å². The van der Waals surface area contributed by atoms with Gasteiger partial charge < -0.3 is 0 Å². The summed E-state index contributed by atoms with van der Waals surface area (Å²) in [6, 6.07) is 1.91. The summed E-state index contributed by atoms with van der Waals surface area (Å²) in [4.78, 5) is 21.5. The first-order valence-electron chi connectivity index (χ1n) is 5.41. The van der Waals surface area contributed by atoms with Gasteiger partial charge in [0.05, 0.1) is 4.92 Å². The molecule has 2 N–H and O–H groups in total. The molecule has 0 aliphatic heterocycles. The smallest absolute Gasteiger partial charge is 0.290 e. The van der Waals surface area contributed by atoms with Crippen LogP contribution in [0.3, 0.4) is 0 Å². The monoisotopic (exact) mass is 320 g/mol. The van der Waals surface area contributed by atoms with Crippen molar-refractivity contribution in [1.82, 2.24) is 0 Å². The van der Waals surface area contributed by atoms with Crippen LogP contribution in [0.4, 0.5) is 5.69 Å². The molecular formula is C11H13ClN2O5S. The average molecular weight is 321 g/mol. The van der Waals surface area contributed by atoms with Crippen LogP contribution in [-0.4, -0.2) is 19.1 Å². The number of hydrogen-bond acceptors (Lipinski definition) is 5. The molecule has 1 aromatic rings. The van der Waals surface area contributed by atoms with Crippen molar-refractivity contribution in [3.05, 3.63) is 32.8 Å². The number of nitrogens with two attached hydrogens (primary N) is 1. The van der Waals surface area contributed by atoms with E-state index in [0.717, 1.165) is 12.1 Å². The lowest BCUT2D eigenvalue weighted by atomic mass is 9.86. The maximum absolute atomic E-state index is 12.1. The normalized spacial score (nSPS) is 12.2. The molecule has 0 bridgehead atoms. The van der Waals surface area contributed by atoms with Gasteiger partial charge in [-0.25, -0.2) is 13.6 Å². The van der Waals surface area contributed by atoms with E-state index in [4.69, 9.17) is 16.7 Å². The fraction of sp³-hybridized carbons (Fsp3) is 0.364. The third-order valence-corrected chi connectivity index (χ3v) is 3.91. The molecule has 0 heterocycles. The van der Waals surface area contributed by atoms with Gasteiger partial charge in [-0.2, -0.15) is 0 Å². The van der Waals surface area contributed by atoms with E-state index in [1.54, 1.807) is 20.8 Å². The number of rotatable bonds is 3. The Bertz CT molecular complexity index is 692. The van der Waals surface area contributed by atoms with Crippen LogP contribution in [0, 0.1) is 15.5 Å². The average Bonchev–Trinajstić information content (AvgIpc) is 2.25. The predicted molar refractivity (Wildman–Crippen MR) is 73.3 cm³/mol. The maximum Gasteiger partial charge on any atom is 0.290 e. The van der Waals surface area contributed by atoms with Crippen molar-refractivity contribution < 1.29 is 18.1 Å². The summed E-state index contributed by atoms with van der Waals surface area (Å²) in [6.45, 7) is 4.81. The third kappa shape index (κ3) is 3.33. The molecule has 1 aromatic carbocycles. The minimum Gasteiger partial charge on any atom is -0.294 e. The number of ketones is 1. The van der Waals surface area contributed by atoms with Crippen molar-refractivity contribution in [2.75, 3.05) is 0 Å². The number of primary sulfonamides is 1. The van der Waals surface area contributed by atoms with E-state index < -0.39 is 41.8 Å². The van der Waals surface area contributed by atoms with Gasteiger partial charge in [0.15, 0.2) is 5.78 Å². The minimum atomic E-state index is -4.28. The molecule has 0 saturated heterocycles. The fourth-order valence-electron chi connectivity index (χ4n) is 1.49. The van der Waals surface area contributed by atoms with Crippen molar-refractivity contribution in [2.45, 2.75) is 25.7 Å². The van der Waals surface area contributed by atoms with Gasteiger partial charge in [-0.1, -0.05) is 32.4 Å². The van der Waals surface area contributed by atoms with Crippen LogP contribution in [0.5, 0.6) is 0 Å². The molecular weight excluding hydrogens is 308 g/mol. The van der Waals surface area contributed by atoms with Crippen LogP contribution < -0.4 is 5.14 Å². The first-order valence-corrected chi connectivity index (χ1v) is 7.33. The second-order valence-corrected chi connectivity index (χ2v) is 7.10. The van der Waals surface area contributed by atoms with Gasteiger partial charge in [0, 0.05) is 17.0 Å². The number of benzene rings is 1. The SMILES string of the molecule is CC(C)(C)C(=O)c1cc([N+](=O)[O-])c(Cl)c(S(N)(=O)=O)c1. The Labute approximate surface area is 120 Å². The zero-order valence-corrected chi connectivity index (χ0v) is 12.6. The molecule has 0 radical (unpaired) electrons. The Balaban J connectivity index is 3.71. The van der Waals surface area contributed by atoms with Gasteiger partial charge in [-0.3, -0.25) is 14.9 Å². The Morgan fingerprint density at radius 1 is 1.35 bits per heavy atom. The van der Waals surface area contributed by atoms with Gasteiger partial charge in [0.25, 0.3) is 5.69 Å². The second kappa shape index (κ2) is 5.12. The number of halogens is 1. The summed E-state index contributed by atoms with van der Waals surface area (Å²) in [6.07, 6.45) is 0. The van der Waals surface area contributed by atoms with Crippen LogP contribution in [-0.2, 0) is 10.0 Å². The highest BCUT2D eigenvalue weighted by molar-refractivity contribution is 7.89. The predicted octanol–water partition coefficient (Wildman–Crippen LogP) is 2.12. The fourth-order valence-corrected chi connectivity index (χ4v) is 2.63. The summed E-state index contributed by atoms with van der Waals surface area (Å²) in [7, 11) is -4.28. The van der Waals surface area contributed by atoms with Crippen LogP contribution in [0.1, 0.15) is 31.1 Å². The number of sulfonamides is 1. The van der Waals surface area contributed by atoms with E-state index in [2.05, 4.69) is 0 Å². The van der Waals surface area contributed by atoms with E-state index in [9.17, 15) is 23.3 Å². The topological polar surface area (TPSA) is 120 Å². The second-order valence-electron chi connectivity index (χ2n) is 5.19. The molecule has 0 unspecified atom stereocenters. The molecule has 20 heavy (non-hydrogen) atoms. The number of nitro benzene ring substituents is 1. The van der Waals surface area contributed by atoms with Crippen molar-refractivity contribution in [3.8, 4) is 0 Å². The van der Waals surface area contributed by atoms with Gasteiger partial charge in [-0.05, 0) is 6.07 Å². The van der Waals surface area contributed by atoms with E-state index in [-0.39, 0.29) is 5.56 Å². The first-order chi connectivity index (χ1) is 8.85. The zero-order valence-electron chi connectivity index (χ0n) is 11.0. The third-order valence-electron chi connectivity index (χ3n) is 2.47. The minimum absolute atomic E-state index is 0.127. The summed E-state index contributed by atoms with van der Waals surface area (Å²) in [5.74, 6) is -0.456.